The zero-order valence-electron chi connectivity index (χ0n) is 10.9. The summed E-state index contributed by atoms with van der Waals surface area (Å²) in [4.78, 5) is 0. The molecule has 1 saturated heterocycles. The quantitative estimate of drug-likeness (QED) is 0.903. The van der Waals surface area contributed by atoms with E-state index in [1.54, 1.807) is 0 Å². The van der Waals surface area contributed by atoms with E-state index >= 15 is 0 Å². The molecule has 0 unspecified atom stereocenters. The Labute approximate surface area is 110 Å². The fourth-order valence-corrected chi connectivity index (χ4v) is 4.14. The first-order valence-electron chi connectivity index (χ1n) is 6.56. The highest BCUT2D eigenvalue weighted by molar-refractivity contribution is 7.92. The van der Waals surface area contributed by atoms with Gasteiger partial charge in [-0.25, -0.2) is 8.42 Å². The summed E-state index contributed by atoms with van der Waals surface area (Å²) in [6, 6.07) is 8.11. The summed E-state index contributed by atoms with van der Waals surface area (Å²) in [6.45, 7) is 3.69. The lowest BCUT2D eigenvalue weighted by molar-refractivity contribution is 0.496. The average molecular weight is 267 g/mol. The highest BCUT2D eigenvalue weighted by Crippen LogP contribution is 2.15. The number of benzene rings is 1. The third kappa shape index (κ3) is 3.56. The molecule has 0 atom stereocenters. The zero-order valence-corrected chi connectivity index (χ0v) is 11.7. The molecule has 18 heavy (non-hydrogen) atoms. The summed E-state index contributed by atoms with van der Waals surface area (Å²) in [6.07, 6.45) is 2.15. The molecular formula is C14H21NO2S. The molecule has 2 rings (SSSR count). The Hall–Kier alpha value is -0.870. The first-order chi connectivity index (χ1) is 8.58. The van der Waals surface area contributed by atoms with E-state index in [2.05, 4.69) is 5.32 Å². The van der Waals surface area contributed by atoms with Gasteiger partial charge in [0.05, 0.1) is 11.0 Å². The van der Waals surface area contributed by atoms with Crippen molar-refractivity contribution in [2.75, 3.05) is 18.8 Å². The Morgan fingerprint density at radius 2 is 1.78 bits per heavy atom. The van der Waals surface area contributed by atoms with E-state index in [0.717, 1.165) is 31.5 Å². The van der Waals surface area contributed by atoms with Crippen LogP contribution in [0, 0.1) is 6.92 Å². The first kappa shape index (κ1) is 13.6. The number of sulfone groups is 1. The Balaban J connectivity index is 1.94. The Morgan fingerprint density at radius 3 is 2.39 bits per heavy atom. The van der Waals surface area contributed by atoms with E-state index in [-0.39, 0.29) is 11.0 Å². The van der Waals surface area contributed by atoms with Gasteiger partial charge in [-0.05, 0) is 44.8 Å². The van der Waals surface area contributed by atoms with Crippen LogP contribution in [0.2, 0.25) is 0 Å². The zero-order chi connectivity index (χ0) is 13.0. The van der Waals surface area contributed by atoms with Gasteiger partial charge < -0.3 is 5.32 Å². The maximum Gasteiger partial charge on any atom is 0.153 e. The molecule has 0 radical (unpaired) electrons. The molecule has 1 N–H and O–H groups in total. The van der Waals surface area contributed by atoms with E-state index < -0.39 is 9.84 Å². The second-order valence-electron chi connectivity index (χ2n) is 5.05. The first-order valence-corrected chi connectivity index (χ1v) is 8.27. The van der Waals surface area contributed by atoms with Crippen molar-refractivity contribution in [1.29, 1.82) is 0 Å². The Bertz CT molecular complexity index is 473. The average Bonchev–Trinajstić information content (AvgIpc) is 2.39. The van der Waals surface area contributed by atoms with E-state index in [4.69, 9.17) is 0 Å². The largest absolute Gasteiger partial charge is 0.317 e. The number of rotatable bonds is 4. The topological polar surface area (TPSA) is 46.2 Å². The van der Waals surface area contributed by atoms with Crippen molar-refractivity contribution in [1.82, 2.24) is 5.32 Å². The molecule has 0 aromatic heterocycles. The van der Waals surface area contributed by atoms with Crippen molar-refractivity contribution in [2.45, 2.75) is 31.4 Å². The molecule has 1 aliphatic heterocycles. The molecule has 0 saturated carbocycles. The van der Waals surface area contributed by atoms with E-state index in [1.165, 1.54) is 5.56 Å². The second-order valence-corrected chi connectivity index (χ2v) is 7.45. The van der Waals surface area contributed by atoms with Crippen molar-refractivity contribution >= 4 is 9.84 Å². The van der Waals surface area contributed by atoms with Gasteiger partial charge in [-0.2, -0.15) is 0 Å². The van der Waals surface area contributed by atoms with Gasteiger partial charge in [0.1, 0.15) is 0 Å². The van der Waals surface area contributed by atoms with Crippen molar-refractivity contribution in [3.8, 4) is 0 Å². The normalized spacial score (nSPS) is 17.8. The second kappa shape index (κ2) is 5.85. The summed E-state index contributed by atoms with van der Waals surface area (Å²) >= 11 is 0. The van der Waals surface area contributed by atoms with Gasteiger partial charge in [-0.1, -0.05) is 29.8 Å². The van der Waals surface area contributed by atoms with Crippen LogP contribution in [0.1, 0.15) is 24.0 Å². The van der Waals surface area contributed by atoms with Crippen LogP contribution in [-0.4, -0.2) is 32.5 Å². The molecule has 1 aromatic carbocycles. The van der Waals surface area contributed by atoms with Gasteiger partial charge in [0, 0.05) is 0 Å². The third-order valence-electron chi connectivity index (χ3n) is 3.59. The van der Waals surface area contributed by atoms with Crippen molar-refractivity contribution < 1.29 is 8.42 Å². The standard InChI is InChI=1S/C14H21NO2S/c1-12-2-4-13(5-3-12)8-11-18(16,17)14-6-9-15-10-7-14/h2-5,14-15H,6-11H2,1H3. The maximum atomic E-state index is 12.2. The van der Waals surface area contributed by atoms with Crippen LogP contribution in [-0.2, 0) is 16.3 Å². The van der Waals surface area contributed by atoms with Gasteiger partial charge in [0.2, 0.25) is 0 Å². The molecule has 1 fully saturated rings. The SMILES string of the molecule is Cc1ccc(CCS(=O)(=O)C2CCNCC2)cc1. The fraction of sp³-hybridized carbons (Fsp3) is 0.571. The Morgan fingerprint density at radius 1 is 1.17 bits per heavy atom. The minimum atomic E-state index is -2.93. The molecule has 3 nitrogen and oxygen atoms in total. The summed E-state index contributed by atoms with van der Waals surface area (Å²) in [7, 11) is -2.93. The number of hydrogen-bond acceptors (Lipinski definition) is 3. The highest BCUT2D eigenvalue weighted by atomic mass is 32.2. The molecule has 1 aliphatic rings. The van der Waals surface area contributed by atoms with Crippen molar-refractivity contribution in [3.63, 3.8) is 0 Å². The predicted octanol–water partition coefficient (Wildman–Crippen LogP) is 1.70. The lowest BCUT2D eigenvalue weighted by Gasteiger charge is -2.22. The highest BCUT2D eigenvalue weighted by Gasteiger charge is 2.26. The van der Waals surface area contributed by atoms with Gasteiger partial charge in [0.15, 0.2) is 9.84 Å². The molecule has 1 heterocycles. The van der Waals surface area contributed by atoms with Crippen LogP contribution in [0.15, 0.2) is 24.3 Å². The molecule has 0 bridgehead atoms. The molecule has 100 valence electrons. The lowest BCUT2D eigenvalue weighted by Crippen LogP contribution is -2.37. The van der Waals surface area contributed by atoms with Gasteiger partial charge in [-0.3, -0.25) is 0 Å². The van der Waals surface area contributed by atoms with E-state index in [9.17, 15) is 8.42 Å². The number of aryl methyl sites for hydroxylation is 2. The van der Waals surface area contributed by atoms with Crippen LogP contribution in [0.4, 0.5) is 0 Å². The summed E-state index contributed by atoms with van der Waals surface area (Å²) in [5, 5.41) is 3.07. The van der Waals surface area contributed by atoms with Crippen molar-refractivity contribution in [3.05, 3.63) is 35.4 Å². The summed E-state index contributed by atoms with van der Waals surface area (Å²) in [5.41, 5.74) is 2.32. The van der Waals surface area contributed by atoms with Crippen LogP contribution >= 0.6 is 0 Å². The third-order valence-corrected chi connectivity index (χ3v) is 5.85. The van der Waals surface area contributed by atoms with Gasteiger partial charge in [0.25, 0.3) is 0 Å². The number of nitrogens with one attached hydrogen (secondary N) is 1. The van der Waals surface area contributed by atoms with Gasteiger partial charge >= 0.3 is 0 Å². The maximum absolute atomic E-state index is 12.2. The minimum absolute atomic E-state index is 0.135. The lowest BCUT2D eigenvalue weighted by atomic mass is 10.1. The fourth-order valence-electron chi connectivity index (χ4n) is 2.34. The minimum Gasteiger partial charge on any atom is -0.317 e. The van der Waals surface area contributed by atoms with Crippen LogP contribution in [0.5, 0.6) is 0 Å². The smallest absolute Gasteiger partial charge is 0.153 e. The molecule has 0 spiro atoms. The number of piperidine rings is 1. The molecule has 0 aliphatic carbocycles. The molecule has 0 amide bonds. The monoisotopic (exact) mass is 267 g/mol. The van der Waals surface area contributed by atoms with Crippen LogP contribution in [0.25, 0.3) is 0 Å². The van der Waals surface area contributed by atoms with E-state index in [1.807, 2.05) is 31.2 Å². The van der Waals surface area contributed by atoms with Crippen LogP contribution < -0.4 is 5.32 Å². The summed E-state index contributed by atoms with van der Waals surface area (Å²) in [5.74, 6) is 0.278. The van der Waals surface area contributed by atoms with Crippen LogP contribution in [0.3, 0.4) is 0 Å². The Kier molecular flexibility index (Phi) is 4.40. The van der Waals surface area contributed by atoms with Crippen molar-refractivity contribution in [2.24, 2.45) is 0 Å². The summed E-state index contributed by atoms with van der Waals surface area (Å²) < 4.78 is 24.4. The van der Waals surface area contributed by atoms with E-state index in [0.29, 0.717) is 6.42 Å². The number of hydrogen-bond donors (Lipinski definition) is 1. The predicted molar refractivity (Wildman–Crippen MR) is 74.6 cm³/mol. The molecule has 4 heteroatoms. The molecular weight excluding hydrogens is 246 g/mol. The molecule has 1 aromatic rings. The van der Waals surface area contributed by atoms with Gasteiger partial charge in [-0.15, -0.1) is 0 Å².